The maximum Gasteiger partial charge on any atom is 0.110 e. The summed E-state index contributed by atoms with van der Waals surface area (Å²) in [7, 11) is 0. The summed E-state index contributed by atoms with van der Waals surface area (Å²) in [5.74, 6) is 1.13. The molecule has 0 saturated heterocycles. The summed E-state index contributed by atoms with van der Waals surface area (Å²) in [5.41, 5.74) is 1.25. The number of rotatable bonds is 7. The maximum absolute atomic E-state index is 5.97. The monoisotopic (exact) mass is 291 g/mol. The van der Waals surface area contributed by atoms with E-state index < -0.39 is 0 Å². The van der Waals surface area contributed by atoms with E-state index in [4.69, 9.17) is 11.6 Å². The Kier molecular flexibility index (Phi) is 5.62. The first-order valence-electron chi connectivity index (χ1n) is 7.23. The summed E-state index contributed by atoms with van der Waals surface area (Å²) in [6.45, 7) is 6.27. The Labute approximate surface area is 126 Å². The molecule has 1 heterocycles. The van der Waals surface area contributed by atoms with Crippen LogP contribution in [0.4, 0.5) is 0 Å². The van der Waals surface area contributed by atoms with Gasteiger partial charge in [0.25, 0.3) is 0 Å². The molecule has 0 fully saturated rings. The van der Waals surface area contributed by atoms with Crippen LogP contribution < -0.4 is 5.32 Å². The van der Waals surface area contributed by atoms with Crippen LogP contribution in [0, 0.1) is 0 Å². The van der Waals surface area contributed by atoms with E-state index >= 15 is 0 Å². The van der Waals surface area contributed by atoms with Gasteiger partial charge >= 0.3 is 0 Å². The molecule has 0 bridgehead atoms. The molecule has 4 heteroatoms. The third-order valence-electron chi connectivity index (χ3n) is 3.38. The van der Waals surface area contributed by atoms with E-state index in [-0.39, 0.29) is 6.04 Å². The quantitative estimate of drug-likeness (QED) is 0.840. The number of benzene rings is 1. The highest BCUT2D eigenvalue weighted by Crippen LogP contribution is 2.20. The van der Waals surface area contributed by atoms with Gasteiger partial charge in [0.2, 0.25) is 0 Å². The van der Waals surface area contributed by atoms with Crippen molar-refractivity contribution in [3.8, 4) is 0 Å². The molecular weight excluding hydrogens is 270 g/mol. The van der Waals surface area contributed by atoms with Gasteiger partial charge in [0.05, 0.1) is 0 Å². The highest BCUT2D eigenvalue weighted by molar-refractivity contribution is 6.30. The summed E-state index contributed by atoms with van der Waals surface area (Å²) in [6, 6.07) is 8.33. The molecule has 0 saturated carbocycles. The summed E-state index contributed by atoms with van der Waals surface area (Å²) < 4.78 is 2.24. The molecule has 2 aromatic rings. The van der Waals surface area contributed by atoms with Crippen LogP contribution in [0.15, 0.2) is 36.7 Å². The van der Waals surface area contributed by atoms with Crippen molar-refractivity contribution in [3.63, 3.8) is 0 Å². The van der Waals surface area contributed by atoms with E-state index in [1.54, 1.807) is 0 Å². The van der Waals surface area contributed by atoms with Gasteiger partial charge in [-0.2, -0.15) is 0 Å². The molecule has 0 radical (unpaired) electrons. The molecule has 20 heavy (non-hydrogen) atoms. The Hall–Kier alpha value is -1.32. The Morgan fingerprint density at radius 3 is 2.65 bits per heavy atom. The molecule has 1 aromatic heterocycles. The molecule has 1 atom stereocenters. The lowest BCUT2D eigenvalue weighted by atomic mass is 10.0. The Morgan fingerprint density at radius 2 is 2.00 bits per heavy atom. The highest BCUT2D eigenvalue weighted by atomic mass is 35.5. The number of nitrogens with one attached hydrogen (secondary N) is 1. The smallest absolute Gasteiger partial charge is 0.110 e. The molecule has 0 aliphatic heterocycles. The number of hydrogen-bond acceptors (Lipinski definition) is 2. The van der Waals surface area contributed by atoms with Crippen LogP contribution in [0.3, 0.4) is 0 Å². The summed E-state index contributed by atoms with van der Waals surface area (Å²) in [5, 5.41) is 4.30. The molecule has 0 aliphatic carbocycles. The molecule has 2 rings (SSSR count). The van der Waals surface area contributed by atoms with Gasteiger partial charge in [-0.3, -0.25) is 0 Å². The summed E-state index contributed by atoms with van der Waals surface area (Å²) >= 11 is 5.97. The molecule has 108 valence electrons. The third-order valence-corrected chi connectivity index (χ3v) is 3.63. The predicted molar refractivity (Wildman–Crippen MR) is 84.1 cm³/mol. The number of aromatic nitrogens is 2. The minimum Gasteiger partial charge on any atom is -0.335 e. The molecule has 1 unspecified atom stereocenters. The Morgan fingerprint density at radius 1 is 1.25 bits per heavy atom. The molecule has 0 spiro atoms. The second-order valence-corrected chi connectivity index (χ2v) is 5.34. The van der Waals surface area contributed by atoms with Crippen molar-refractivity contribution in [2.75, 3.05) is 6.54 Å². The number of aryl methyl sites for hydroxylation is 1. The maximum atomic E-state index is 5.97. The first kappa shape index (κ1) is 15.1. The van der Waals surface area contributed by atoms with Gasteiger partial charge in [-0.05, 0) is 30.7 Å². The lowest BCUT2D eigenvalue weighted by molar-refractivity contribution is 0.516. The van der Waals surface area contributed by atoms with Crippen LogP contribution in [-0.2, 0) is 13.0 Å². The molecule has 3 nitrogen and oxygen atoms in total. The van der Waals surface area contributed by atoms with Gasteiger partial charge in [0, 0.05) is 36.4 Å². The number of imidazole rings is 1. The highest BCUT2D eigenvalue weighted by Gasteiger charge is 2.14. The average molecular weight is 292 g/mol. The van der Waals surface area contributed by atoms with E-state index in [9.17, 15) is 0 Å². The molecule has 0 aliphatic rings. The fourth-order valence-electron chi connectivity index (χ4n) is 2.41. The normalized spacial score (nSPS) is 12.6. The largest absolute Gasteiger partial charge is 0.335 e. The molecular formula is C16H22ClN3. The van der Waals surface area contributed by atoms with Crippen LogP contribution in [0.1, 0.15) is 37.7 Å². The zero-order valence-corrected chi connectivity index (χ0v) is 12.9. The van der Waals surface area contributed by atoms with Crippen LogP contribution in [0.25, 0.3) is 0 Å². The van der Waals surface area contributed by atoms with Gasteiger partial charge in [-0.15, -0.1) is 0 Å². The average Bonchev–Trinajstić information content (AvgIpc) is 2.87. The first-order valence-corrected chi connectivity index (χ1v) is 7.61. The number of likely N-dealkylation sites (N-methyl/N-ethyl adjacent to an activating group) is 1. The van der Waals surface area contributed by atoms with Crippen LogP contribution in [-0.4, -0.2) is 16.1 Å². The fraction of sp³-hybridized carbons (Fsp3) is 0.438. The number of hydrogen-bond donors (Lipinski definition) is 1. The zero-order chi connectivity index (χ0) is 14.4. The van der Waals surface area contributed by atoms with E-state index in [0.29, 0.717) is 0 Å². The second kappa shape index (κ2) is 7.46. The second-order valence-electron chi connectivity index (χ2n) is 4.90. The lowest BCUT2D eigenvalue weighted by Gasteiger charge is -2.19. The predicted octanol–water partition coefficient (Wildman–Crippen LogP) is 3.84. The Bertz CT molecular complexity index is 519. The van der Waals surface area contributed by atoms with E-state index in [1.165, 1.54) is 5.56 Å². The first-order chi connectivity index (χ1) is 9.74. The van der Waals surface area contributed by atoms with Crippen molar-refractivity contribution in [2.24, 2.45) is 0 Å². The fourth-order valence-corrected chi connectivity index (χ4v) is 2.53. The van der Waals surface area contributed by atoms with Gasteiger partial charge < -0.3 is 9.88 Å². The van der Waals surface area contributed by atoms with Gasteiger partial charge in [0.1, 0.15) is 5.82 Å². The number of nitrogens with zero attached hydrogens (tertiary/aromatic N) is 2. The molecule has 1 aromatic carbocycles. The summed E-state index contributed by atoms with van der Waals surface area (Å²) in [4.78, 5) is 4.50. The van der Waals surface area contributed by atoms with E-state index in [1.807, 2.05) is 18.3 Å². The van der Waals surface area contributed by atoms with Crippen molar-refractivity contribution in [1.29, 1.82) is 0 Å². The zero-order valence-electron chi connectivity index (χ0n) is 12.1. The molecule has 0 amide bonds. The topological polar surface area (TPSA) is 29.9 Å². The Balaban J connectivity index is 2.16. The summed E-state index contributed by atoms with van der Waals surface area (Å²) in [6.07, 6.45) is 5.96. The van der Waals surface area contributed by atoms with E-state index in [2.05, 4.69) is 47.0 Å². The third kappa shape index (κ3) is 3.84. The standard InChI is InChI=1S/C16H22ClN3/c1-3-10-20-11-9-19-16(20)12-15(18-4-2)13-5-7-14(17)8-6-13/h5-9,11,15,18H,3-4,10,12H2,1-2H3. The van der Waals surface area contributed by atoms with E-state index in [0.717, 1.165) is 36.8 Å². The minimum atomic E-state index is 0.273. The van der Waals surface area contributed by atoms with Crippen LogP contribution >= 0.6 is 11.6 Å². The van der Waals surface area contributed by atoms with Crippen molar-refractivity contribution in [1.82, 2.24) is 14.9 Å². The lowest BCUT2D eigenvalue weighted by Crippen LogP contribution is -2.24. The minimum absolute atomic E-state index is 0.273. The van der Waals surface area contributed by atoms with Crippen molar-refractivity contribution >= 4 is 11.6 Å². The van der Waals surface area contributed by atoms with Gasteiger partial charge in [-0.1, -0.05) is 37.6 Å². The number of halogens is 1. The van der Waals surface area contributed by atoms with Crippen molar-refractivity contribution in [2.45, 2.75) is 39.3 Å². The van der Waals surface area contributed by atoms with Crippen LogP contribution in [0.5, 0.6) is 0 Å². The SMILES string of the molecule is CCCn1ccnc1CC(NCC)c1ccc(Cl)cc1. The van der Waals surface area contributed by atoms with Gasteiger partial charge in [0.15, 0.2) is 0 Å². The van der Waals surface area contributed by atoms with Crippen LogP contribution in [0.2, 0.25) is 5.02 Å². The molecule has 1 N–H and O–H groups in total. The van der Waals surface area contributed by atoms with Crippen molar-refractivity contribution in [3.05, 3.63) is 53.1 Å². The van der Waals surface area contributed by atoms with Crippen molar-refractivity contribution < 1.29 is 0 Å². The van der Waals surface area contributed by atoms with Gasteiger partial charge in [-0.25, -0.2) is 4.98 Å².